The first-order valence-corrected chi connectivity index (χ1v) is 10.6. The van der Waals surface area contributed by atoms with Gasteiger partial charge in [0.1, 0.15) is 12.4 Å². The molecule has 11 heteroatoms. The Morgan fingerprint density at radius 3 is 2.54 bits per heavy atom. The third-order valence-electron chi connectivity index (χ3n) is 5.37. The van der Waals surface area contributed by atoms with E-state index in [4.69, 9.17) is 16.3 Å². The zero-order valence-electron chi connectivity index (χ0n) is 18.5. The number of hydrogen-bond donors (Lipinski definition) is 0. The van der Waals surface area contributed by atoms with E-state index in [0.29, 0.717) is 47.9 Å². The van der Waals surface area contributed by atoms with Gasteiger partial charge in [-0.05, 0) is 60.7 Å². The van der Waals surface area contributed by atoms with Gasteiger partial charge in [0.15, 0.2) is 0 Å². The molecule has 5 nitrogen and oxygen atoms in total. The fourth-order valence-electron chi connectivity index (χ4n) is 3.76. The van der Waals surface area contributed by atoms with Gasteiger partial charge < -0.3 is 14.6 Å². The van der Waals surface area contributed by atoms with Crippen molar-refractivity contribution in [3.63, 3.8) is 0 Å². The number of nitrogens with zero attached hydrogens (tertiary/aromatic N) is 2. The molecule has 1 aliphatic rings. The molecular formula is C24H16ClF4N2NaO3. The van der Waals surface area contributed by atoms with Gasteiger partial charge in [0.25, 0.3) is 0 Å². The molecule has 0 spiro atoms. The minimum absolute atomic E-state index is 0. The van der Waals surface area contributed by atoms with Crippen molar-refractivity contribution < 1.29 is 61.8 Å². The minimum Gasteiger partial charge on any atom is -0.543 e. The topological polar surface area (TPSA) is 75.1 Å². The van der Waals surface area contributed by atoms with Gasteiger partial charge in [-0.1, -0.05) is 23.7 Å². The molecule has 0 saturated heterocycles. The van der Waals surface area contributed by atoms with Gasteiger partial charge in [-0.25, -0.2) is 14.4 Å². The van der Waals surface area contributed by atoms with E-state index in [2.05, 4.69) is 9.97 Å². The quantitative estimate of drug-likeness (QED) is 0.373. The summed E-state index contributed by atoms with van der Waals surface area (Å²) in [6, 6.07) is 9.03. The predicted octanol–water partition coefficient (Wildman–Crippen LogP) is 2.33. The first kappa shape index (κ1) is 27.1. The van der Waals surface area contributed by atoms with Crippen LogP contribution in [0, 0.1) is 5.82 Å². The number of aromatic carboxylic acids is 1. The van der Waals surface area contributed by atoms with E-state index in [1.54, 1.807) is 6.07 Å². The van der Waals surface area contributed by atoms with E-state index >= 15 is 0 Å². The second-order valence-corrected chi connectivity index (χ2v) is 8.01. The van der Waals surface area contributed by atoms with Gasteiger partial charge in [0, 0.05) is 17.3 Å². The van der Waals surface area contributed by atoms with E-state index in [0.717, 1.165) is 12.1 Å². The van der Waals surface area contributed by atoms with E-state index in [1.165, 1.54) is 24.3 Å². The standard InChI is InChI=1S/C24H17ClF4N2O3.Na/c25-19-10-15(26)8-7-13(19)12-34-22-18(9-14(11-30-22)24(27,28)29)16-3-1-4-17(16)20-5-2-6-21(31-20)23(32)33;/h2,5-11H,1,3-4,12H2,(H,32,33);/q;+1/p-1. The van der Waals surface area contributed by atoms with Gasteiger partial charge in [-0.15, -0.1) is 0 Å². The Bertz CT molecular complexity index is 1300. The molecule has 0 saturated carbocycles. The molecule has 35 heavy (non-hydrogen) atoms. The second kappa shape index (κ2) is 11.1. The van der Waals surface area contributed by atoms with Crippen molar-refractivity contribution >= 4 is 28.7 Å². The number of halogens is 5. The number of carboxylic acids is 1. The maximum absolute atomic E-state index is 13.5. The maximum Gasteiger partial charge on any atom is 1.00 e. The molecule has 1 aliphatic carbocycles. The Kier molecular flexibility index (Phi) is 8.58. The summed E-state index contributed by atoms with van der Waals surface area (Å²) in [5.41, 5.74) is 0.793. The van der Waals surface area contributed by atoms with Crippen molar-refractivity contribution in [1.29, 1.82) is 0 Å². The van der Waals surface area contributed by atoms with Gasteiger partial charge in [0.2, 0.25) is 5.88 Å². The molecule has 176 valence electrons. The molecule has 2 heterocycles. The van der Waals surface area contributed by atoms with E-state index < -0.39 is 23.5 Å². The van der Waals surface area contributed by atoms with Crippen LogP contribution in [0.5, 0.6) is 5.88 Å². The largest absolute Gasteiger partial charge is 1.00 e. The number of carboxylic acid groups (broad SMARTS) is 1. The Balaban J connectivity index is 0.00000342. The summed E-state index contributed by atoms with van der Waals surface area (Å²) in [5, 5.41) is 11.3. The number of carbonyl (C=O) groups is 1. The molecule has 4 rings (SSSR count). The van der Waals surface area contributed by atoms with Crippen molar-refractivity contribution in [3.05, 3.63) is 87.6 Å². The van der Waals surface area contributed by atoms with Gasteiger partial charge in [0.05, 0.1) is 27.9 Å². The fraction of sp³-hybridized carbons (Fsp3) is 0.208. The Labute approximate surface area is 225 Å². The van der Waals surface area contributed by atoms with Crippen LogP contribution in [0.4, 0.5) is 17.6 Å². The van der Waals surface area contributed by atoms with Gasteiger partial charge >= 0.3 is 35.7 Å². The average molecular weight is 515 g/mol. The smallest absolute Gasteiger partial charge is 0.543 e. The minimum atomic E-state index is -4.63. The molecule has 2 aromatic heterocycles. The molecule has 0 N–H and O–H groups in total. The van der Waals surface area contributed by atoms with E-state index in [9.17, 15) is 27.5 Å². The van der Waals surface area contributed by atoms with E-state index in [-0.39, 0.29) is 58.3 Å². The summed E-state index contributed by atoms with van der Waals surface area (Å²) in [4.78, 5) is 19.2. The second-order valence-electron chi connectivity index (χ2n) is 7.61. The van der Waals surface area contributed by atoms with Gasteiger partial charge in [-0.3, -0.25) is 0 Å². The summed E-state index contributed by atoms with van der Waals surface area (Å²) in [7, 11) is 0. The number of alkyl halides is 3. The zero-order valence-corrected chi connectivity index (χ0v) is 21.2. The number of rotatable bonds is 6. The number of hydrogen-bond acceptors (Lipinski definition) is 5. The molecule has 0 atom stereocenters. The third kappa shape index (κ3) is 6.22. The van der Waals surface area contributed by atoms with Crippen LogP contribution < -0.4 is 39.4 Å². The van der Waals surface area contributed by atoms with Crippen LogP contribution in [0.25, 0.3) is 11.1 Å². The van der Waals surface area contributed by atoms with Crippen molar-refractivity contribution in [3.8, 4) is 5.88 Å². The number of ether oxygens (including phenoxy) is 1. The summed E-state index contributed by atoms with van der Waals surface area (Å²) >= 11 is 6.03. The number of pyridine rings is 2. The number of benzene rings is 1. The third-order valence-corrected chi connectivity index (χ3v) is 5.72. The monoisotopic (exact) mass is 514 g/mol. The van der Waals surface area contributed by atoms with Crippen molar-refractivity contribution in [1.82, 2.24) is 9.97 Å². The molecule has 0 fully saturated rings. The van der Waals surface area contributed by atoms with Crippen LogP contribution in [0.15, 0.2) is 48.7 Å². The van der Waals surface area contributed by atoms with Crippen LogP contribution >= 0.6 is 11.6 Å². The van der Waals surface area contributed by atoms with Crippen LogP contribution in [-0.4, -0.2) is 15.9 Å². The first-order chi connectivity index (χ1) is 16.1. The van der Waals surface area contributed by atoms with Crippen LogP contribution in [0.3, 0.4) is 0 Å². The van der Waals surface area contributed by atoms with Crippen LogP contribution in [0.1, 0.15) is 52.1 Å². The summed E-state index contributed by atoms with van der Waals surface area (Å²) in [6.45, 7) is -0.147. The molecule has 0 bridgehead atoms. The summed E-state index contributed by atoms with van der Waals surface area (Å²) in [6.07, 6.45) is -2.43. The predicted molar refractivity (Wildman–Crippen MR) is 114 cm³/mol. The molecule has 3 aromatic rings. The zero-order chi connectivity index (χ0) is 24.5. The van der Waals surface area contributed by atoms with Crippen LogP contribution in [0.2, 0.25) is 5.02 Å². The maximum atomic E-state index is 13.5. The molecule has 1 aromatic carbocycles. The molecule has 0 amide bonds. The summed E-state index contributed by atoms with van der Waals surface area (Å²) in [5.74, 6) is -2.05. The van der Waals surface area contributed by atoms with Gasteiger partial charge in [-0.2, -0.15) is 13.2 Å². The van der Waals surface area contributed by atoms with E-state index in [1.807, 2.05) is 0 Å². The van der Waals surface area contributed by atoms with Crippen LogP contribution in [-0.2, 0) is 12.8 Å². The number of allylic oxidation sites excluding steroid dienone is 2. The Morgan fingerprint density at radius 2 is 1.86 bits per heavy atom. The Morgan fingerprint density at radius 1 is 1.11 bits per heavy atom. The molecular weight excluding hydrogens is 499 g/mol. The molecule has 0 radical (unpaired) electrons. The van der Waals surface area contributed by atoms with Crippen molar-refractivity contribution in [2.75, 3.05) is 0 Å². The Hall–Kier alpha value is -2.46. The SMILES string of the molecule is O=C([O-])c1cccc(C2=C(c3cc(C(F)(F)F)cnc3OCc3ccc(F)cc3Cl)CCC2)n1.[Na+]. The van der Waals surface area contributed by atoms with Crippen molar-refractivity contribution in [2.45, 2.75) is 32.0 Å². The normalized spacial score (nSPS) is 13.5. The summed E-state index contributed by atoms with van der Waals surface area (Å²) < 4.78 is 59.4. The van der Waals surface area contributed by atoms with Crippen molar-refractivity contribution in [2.24, 2.45) is 0 Å². The number of aromatic nitrogens is 2. The molecule has 0 aliphatic heterocycles. The first-order valence-electron chi connectivity index (χ1n) is 10.2. The average Bonchev–Trinajstić information content (AvgIpc) is 3.27. The molecule has 0 unspecified atom stereocenters. The fourth-order valence-corrected chi connectivity index (χ4v) is 3.99. The number of carbonyl (C=O) groups excluding carboxylic acids is 1.